The second-order valence-electron chi connectivity index (χ2n) is 4.37. The van der Waals surface area contributed by atoms with Gasteiger partial charge >= 0.3 is 6.03 Å². The van der Waals surface area contributed by atoms with Crippen molar-refractivity contribution in [2.24, 2.45) is 0 Å². The van der Waals surface area contributed by atoms with Gasteiger partial charge in [-0.1, -0.05) is 0 Å². The molecule has 1 unspecified atom stereocenters. The van der Waals surface area contributed by atoms with Gasteiger partial charge in [0.15, 0.2) is 0 Å². The van der Waals surface area contributed by atoms with Gasteiger partial charge in [0.2, 0.25) is 0 Å². The molecule has 1 saturated heterocycles. The molecular weight excluding hydrogens is 246 g/mol. The average molecular weight is 265 g/mol. The highest BCUT2D eigenvalue weighted by molar-refractivity contribution is 5.89. The predicted octanol–water partition coefficient (Wildman–Crippen LogP) is 0.803. The molecule has 0 radical (unpaired) electrons. The van der Waals surface area contributed by atoms with Crippen LogP contribution in [0.4, 0.5) is 10.5 Å². The fraction of sp³-hybridized carbons (Fsp3) is 0.462. The van der Waals surface area contributed by atoms with Crippen molar-refractivity contribution in [3.63, 3.8) is 0 Å². The van der Waals surface area contributed by atoms with Crippen molar-refractivity contribution in [1.29, 1.82) is 0 Å². The van der Waals surface area contributed by atoms with Gasteiger partial charge in [-0.25, -0.2) is 4.79 Å². The van der Waals surface area contributed by atoms with Crippen molar-refractivity contribution in [3.05, 3.63) is 24.3 Å². The molecule has 1 aliphatic rings. The molecule has 0 aromatic heterocycles. The molecule has 0 aliphatic carbocycles. The Bertz CT molecular complexity index is 422. The molecule has 6 nitrogen and oxygen atoms in total. The highest BCUT2D eigenvalue weighted by Crippen LogP contribution is 2.15. The Morgan fingerprint density at radius 3 is 2.63 bits per heavy atom. The number of urea groups is 1. The maximum Gasteiger partial charge on any atom is 0.319 e. The second kappa shape index (κ2) is 6.40. The smallest absolute Gasteiger partial charge is 0.319 e. The number of ether oxygens (including phenoxy) is 2. The van der Waals surface area contributed by atoms with Gasteiger partial charge in [-0.2, -0.15) is 0 Å². The third-order valence-corrected chi connectivity index (χ3v) is 3.13. The van der Waals surface area contributed by atoms with Crippen LogP contribution in [-0.4, -0.2) is 45.5 Å². The van der Waals surface area contributed by atoms with Gasteiger partial charge in [-0.3, -0.25) is 0 Å². The molecule has 1 heterocycles. The Kier molecular flexibility index (Phi) is 4.59. The first-order chi connectivity index (χ1) is 9.22. The van der Waals surface area contributed by atoms with Crippen LogP contribution in [0.2, 0.25) is 0 Å². The van der Waals surface area contributed by atoms with Crippen molar-refractivity contribution >= 4 is 11.7 Å². The Morgan fingerprint density at radius 1 is 1.26 bits per heavy atom. The van der Waals surface area contributed by atoms with Crippen molar-refractivity contribution < 1.29 is 14.3 Å². The lowest BCUT2D eigenvalue weighted by Gasteiger charge is -2.18. The molecule has 0 saturated carbocycles. The number of rotatable bonds is 4. The summed E-state index contributed by atoms with van der Waals surface area (Å²) in [5.74, 6) is 0.755. The maximum atomic E-state index is 11.8. The molecule has 19 heavy (non-hydrogen) atoms. The van der Waals surface area contributed by atoms with Crippen LogP contribution in [0.25, 0.3) is 0 Å². The lowest BCUT2D eigenvalue weighted by molar-refractivity contribution is 0.0991. The molecule has 2 amide bonds. The van der Waals surface area contributed by atoms with E-state index in [0.717, 1.165) is 18.0 Å². The zero-order chi connectivity index (χ0) is 13.7. The molecule has 104 valence electrons. The van der Waals surface area contributed by atoms with E-state index in [0.29, 0.717) is 6.54 Å². The van der Waals surface area contributed by atoms with Crippen LogP contribution in [0.15, 0.2) is 24.3 Å². The Balaban J connectivity index is 1.86. The van der Waals surface area contributed by atoms with E-state index in [1.807, 2.05) is 0 Å². The molecule has 1 fully saturated rings. The Morgan fingerprint density at radius 2 is 2.00 bits per heavy atom. The zero-order valence-corrected chi connectivity index (χ0v) is 11.1. The number of hydrogen-bond donors (Lipinski definition) is 3. The molecule has 1 aromatic rings. The van der Waals surface area contributed by atoms with Crippen molar-refractivity contribution in [1.82, 2.24) is 10.6 Å². The summed E-state index contributed by atoms with van der Waals surface area (Å²) in [4.78, 5) is 11.8. The highest BCUT2D eigenvalue weighted by atomic mass is 16.5. The number of benzene rings is 1. The van der Waals surface area contributed by atoms with Gasteiger partial charge in [0.05, 0.1) is 19.3 Å². The molecule has 6 heteroatoms. The van der Waals surface area contributed by atoms with E-state index < -0.39 is 0 Å². The van der Waals surface area contributed by atoms with Crippen molar-refractivity contribution in [3.8, 4) is 5.75 Å². The lowest BCUT2D eigenvalue weighted by atomic mass is 10.2. The van der Waals surface area contributed by atoms with Crippen LogP contribution in [0.5, 0.6) is 5.75 Å². The number of carbonyl (C=O) groups excluding carboxylic acids is 1. The number of hydrogen-bond acceptors (Lipinski definition) is 4. The van der Waals surface area contributed by atoms with Gasteiger partial charge in [-0.05, 0) is 24.3 Å². The molecule has 0 spiro atoms. The zero-order valence-electron chi connectivity index (χ0n) is 11.1. The van der Waals surface area contributed by atoms with Crippen LogP contribution >= 0.6 is 0 Å². The third kappa shape index (κ3) is 3.59. The van der Waals surface area contributed by atoms with Crippen molar-refractivity contribution in [2.45, 2.75) is 12.1 Å². The molecule has 3 N–H and O–H groups in total. The standard InChI is InChI=1S/C13H19N3O3/c1-18-10-5-3-9(4-6-10)15-13(17)16-11-7-14-8-12(11)19-2/h3-6,11-12,14H,7-8H2,1-2H3,(H2,15,16,17)/t11?,12-/m0/s1. The third-order valence-electron chi connectivity index (χ3n) is 3.13. The second-order valence-corrected chi connectivity index (χ2v) is 4.37. The van der Waals surface area contributed by atoms with E-state index in [1.54, 1.807) is 38.5 Å². The summed E-state index contributed by atoms with van der Waals surface area (Å²) in [5.41, 5.74) is 0.721. The summed E-state index contributed by atoms with van der Waals surface area (Å²) in [5, 5.41) is 8.84. The number of carbonyl (C=O) groups is 1. The first-order valence-corrected chi connectivity index (χ1v) is 6.18. The largest absolute Gasteiger partial charge is 0.497 e. The molecule has 2 rings (SSSR count). The summed E-state index contributed by atoms with van der Waals surface area (Å²) in [6, 6.07) is 6.93. The van der Waals surface area contributed by atoms with E-state index >= 15 is 0 Å². The minimum absolute atomic E-state index is 0.0109. The van der Waals surface area contributed by atoms with E-state index in [4.69, 9.17) is 9.47 Å². The molecule has 1 aromatic carbocycles. The number of methoxy groups -OCH3 is 2. The van der Waals surface area contributed by atoms with Gasteiger partial charge in [-0.15, -0.1) is 0 Å². The summed E-state index contributed by atoms with van der Waals surface area (Å²) in [7, 11) is 3.25. The summed E-state index contributed by atoms with van der Waals surface area (Å²) < 4.78 is 10.3. The van der Waals surface area contributed by atoms with Crippen LogP contribution in [-0.2, 0) is 4.74 Å². The molecule has 2 atom stereocenters. The minimum Gasteiger partial charge on any atom is -0.497 e. The van der Waals surface area contributed by atoms with E-state index in [-0.39, 0.29) is 18.2 Å². The average Bonchev–Trinajstić information content (AvgIpc) is 2.86. The van der Waals surface area contributed by atoms with Gasteiger partial charge < -0.3 is 25.4 Å². The lowest BCUT2D eigenvalue weighted by Crippen LogP contribution is -2.45. The van der Waals surface area contributed by atoms with Crippen molar-refractivity contribution in [2.75, 3.05) is 32.6 Å². The monoisotopic (exact) mass is 265 g/mol. The molecule has 1 aliphatic heterocycles. The summed E-state index contributed by atoms with van der Waals surface area (Å²) in [6.07, 6.45) is 0.0154. The maximum absolute atomic E-state index is 11.8. The van der Waals surface area contributed by atoms with E-state index in [9.17, 15) is 4.79 Å². The van der Waals surface area contributed by atoms with Gasteiger partial charge in [0.25, 0.3) is 0 Å². The quantitative estimate of drug-likeness (QED) is 0.753. The van der Waals surface area contributed by atoms with E-state index in [2.05, 4.69) is 16.0 Å². The first kappa shape index (κ1) is 13.6. The highest BCUT2D eigenvalue weighted by Gasteiger charge is 2.28. The van der Waals surface area contributed by atoms with Crippen LogP contribution < -0.4 is 20.7 Å². The summed E-state index contributed by atoms with van der Waals surface area (Å²) in [6.45, 7) is 1.47. The Labute approximate surface area is 112 Å². The number of amides is 2. The predicted molar refractivity (Wildman–Crippen MR) is 72.6 cm³/mol. The molecular formula is C13H19N3O3. The van der Waals surface area contributed by atoms with Crippen LogP contribution in [0.3, 0.4) is 0 Å². The first-order valence-electron chi connectivity index (χ1n) is 6.18. The van der Waals surface area contributed by atoms with E-state index in [1.165, 1.54) is 0 Å². The number of anilines is 1. The van der Waals surface area contributed by atoms with Crippen LogP contribution in [0, 0.1) is 0 Å². The Hall–Kier alpha value is -1.79. The topological polar surface area (TPSA) is 71.6 Å². The fourth-order valence-electron chi connectivity index (χ4n) is 2.06. The fourth-order valence-corrected chi connectivity index (χ4v) is 2.06. The summed E-state index contributed by atoms with van der Waals surface area (Å²) >= 11 is 0. The van der Waals surface area contributed by atoms with Crippen LogP contribution in [0.1, 0.15) is 0 Å². The SMILES string of the molecule is COc1ccc(NC(=O)NC2CNC[C@@H]2OC)cc1. The van der Waals surface area contributed by atoms with Gasteiger partial charge in [0.1, 0.15) is 5.75 Å². The molecule has 0 bridgehead atoms. The van der Waals surface area contributed by atoms with Gasteiger partial charge in [0, 0.05) is 25.9 Å². The minimum atomic E-state index is -0.235. The normalized spacial score (nSPS) is 22.0. The number of nitrogens with one attached hydrogen (secondary N) is 3.